The first-order chi connectivity index (χ1) is 22.5. The number of hydrogen-bond acceptors (Lipinski definition) is 5. The largest absolute Gasteiger partial charge is 0.379 e. The normalized spacial score (nSPS) is 12.7. The van der Waals surface area contributed by atoms with Crippen LogP contribution in [0, 0.1) is 0 Å². The van der Waals surface area contributed by atoms with Gasteiger partial charge >= 0.3 is 0 Å². The summed E-state index contributed by atoms with van der Waals surface area (Å²) in [4.78, 5) is 0. The van der Waals surface area contributed by atoms with Crippen LogP contribution in [0.5, 0.6) is 0 Å². The van der Waals surface area contributed by atoms with Crippen molar-refractivity contribution in [3.8, 4) is 0 Å². The molecule has 0 aliphatic heterocycles. The molecule has 0 spiro atoms. The zero-order valence-corrected chi connectivity index (χ0v) is 32.3. The Bertz CT molecular complexity index is 669. The molecule has 0 saturated carbocycles. The Kier molecular flexibility index (Phi) is 37.5. The molecule has 0 amide bonds. The fourth-order valence-corrected chi connectivity index (χ4v) is 6.61. The summed E-state index contributed by atoms with van der Waals surface area (Å²) in [7, 11) is -3.48. The van der Waals surface area contributed by atoms with E-state index in [0.717, 1.165) is 25.5 Å². The van der Waals surface area contributed by atoms with Crippen molar-refractivity contribution < 1.29 is 22.1 Å². The molecule has 0 heterocycles. The summed E-state index contributed by atoms with van der Waals surface area (Å²) in [6, 6.07) is 0. The molecule has 0 saturated heterocycles. The standard InChI is InChI=1S/C40H82O5S/c1-4-6-8-10-12-14-16-18-20-22-24-26-28-30-32-34-36-43-38-40(39-45-46(3,41)42)44-37-35-33-31-29-27-25-23-21-19-17-15-13-11-9-7-5-2/h40H,4-39H2,1-3H3/t40-/m1/s1. The highest BCUT2D eigenvalue weighted by Gasteiger charge is 2.14. The number of hydrogen-bond donors (Lipinski definition) is 0. The Hall–Kier alpha value is -0.170. The van der Waals surface area contributed by atoms with Gasteiger partial charge in [-0.1, -0.05) is 206 Å². The maximum absolute atomic E-state index is 11.5. The summed E-state index contributed by atoms with van der Waals surface area (Å²) in [5, 5.41) is 0. The Morgan fingerprint density at radius 3 is 0.978 bits per heavy atom. The van der Waals surface area contributed by atoms with Crippen molar-refractivity contribution in [3.63, 3.8) is 0 Å². The summed E-state index contributed by atoms with van der Waals surface area (Å²) >= 11 is 0. The van der Waals surface area contributed by atoms with Crippen LogP contribution in [0.3, 0.4) is 0 Å². The predicted octanol–water partition coefficient (Wildman–Crippen LogP) is 12.9. The van der Waals surface area contributed by atoms with Crippen molar-refractivity contribution in [2.24, 2.45) is 0 Å². The molecule has 0 fully saturated rings. The molecule has 46 heavy (non-hydrogen) atoms. The maximum atomic E-state index is 11.5. The third-order valence-electron chi connectivity index (χ3n) is 9.27. The first-order valence-electron chi connectivity index (χ1n) is 20.5. The second-order valence-corrected chi connectivity index (χ2v) is 15.8. The fraction of sp³-hybridized carbons (Fsp3) is 1.00. The lowest BCUT2D eigenvalue weighted by atomic mass is 10.0. The SMILES string of the molecule is CCCCCCCCCCCCCCCCCCOC[C@H](COS(C)(=O)=O)OCCCCCCCCCCCCCCCCCC. The summed E-state index contributed by atoms with van der Waals surface area (Å²) in [5.41, 5.74) is 0. The third-order valence-corrected chi connectivity index (χ3v) is 9.83. The van der Waals surface area contributed by atoms with Crippen molar-refractivity contribution in [2.75, 3.05) is 32.7 Å². The van der Waals surface area contributed by atoms with E-state index in [9.17, 15) is 8.42 Å². The van der Waals surface area contributed by atoms with Crippen LogP contribution in [0.25, 0.3) is 0 Å². The van der Waals surface area contributed by atoms with Gasteiger partial charge in [0, 0.05) is 13.2 Å². The molecule has 0 radical (unpaired) electrons. The van der Waals surface area contributed by atoms with Crippen LogP contribution in [-0.2, 0) is 23.8 Å². The second kappa shape index (κ2) is 37.6. The molecular formula is C40H82O5S. The van der Waals surface area contributed by atoms with Gasteiger partial charge in [-0.25, -0.2) is 0 Å². The van der Waals surface area contributed by atoms with E-state index < -0.39 is 10.1 Å². The van der Waals surface area contributed by atoms with Crippen molar-refractivity contribution >= 4 is 10.1 Å². The van der Waals surface area contributed by atoms with Gasteiger partial charge in [0.15, 0.2) is 0 Å². The molecule has 0 aliphatic rings. The van der Waals surface area contributed by atoms with Crippen LogP contribution in [0.4, 0.5) is 0 Å². The Morgan fingerprint density at radius 1 is 0.391 bits per heavy atom. The van der Waals surface area contributed by atoms with Crippen LogP contribution in [-0.4, -0.2) is 47.2 Å². The van der Waals surface area contributed by atoms with E-state index in [1.807, 2.05) is 0 Å². The van der Waals surface area contributed by atoms with Gasteiger partial charge in [-0.05, 0) is 12.8 Å². The van der Waals surface area contributed by atoms with Gasteiger partial charge in [-0.2, -0.15) is 8.42 Å². The molecule has 0 bridgehead atoms. The van der Waals surface area contributed by atoms with E-state index >= 15 is 0 Å². The minimum atomic E-state index is -3.48. The molecule has 6 heteroatoms. The van der Waals surface area contributed by atoms with Crippen LogP contribution in [0.1, 0.15) is 219 Å². The Balaban J connectivity index is 3.62. The minimum Gasteiger partial charge on any atom is -0.379 e. The zero-order valence-electron chi connectivity index (χ0n) is 31.5. The highest BCUT2D eigenvalue weighted by molar-refractivity contribution is 7.85. The van der Waals surface area contributed by atoms with Gasteiger partial charge in [0.25, 0.3) is 10.1 Å². The summed E-state index contributed by atoms with van der Waals surface area (Å²) in [6.07, 6.45) is 44.0. The summed E-state index contributed by atoms with van der Waals surface area (Å²) < 4.78 is 39.9. The van der Waals surface area contributed by atoms with Crippen molar-refractivity contribution in [1.29, 1.82) is 0 Å². The smallest absolute Gasteiger partial charge is 0.264 e. The number of ether oxygens (including phenoxy) is 2. The van der Waals surface area contributed by atoms with E-state index in [1.54, 1.807) is 0 Å². The molecule has 0 aromatic carbocycles. The first kappa shape index (κ1) is 45.8. The van der Waals surface area contributed by atoms with Crippen molar-refractivity contribution in [3.05, 3.63) is 0 Å². The van der Waals surface area contributed by atoms with Crippen LogP contribution in [0.15, 0.2) is 0 Å². The molecule has 0 aliphatic carbocycles. The third kappa shape index (κ3) is 40.0. The van der Waals surface area contributed by atoms with Crippen LogP contribution in [0.2, 0.25) is 0 Å². The molecule has 1 atom stereocenters. The van der Waals surface area contributed by atoms with E-state index in [4.69, 9.17) is 13.7 Å². The molecule has 0 aromatic heterocycles. The minimum absolute atomic E-state index is 0.0383. The lowest BCUT2D eigenvalue weighted by Gasteiger charge is -2.17. The quantitative estimate of drug-likeness (QED) is 0.0478. The van der Waals surface area contributed by atoms with Gasteiger partial charge in [-0.15, -0.1) is 0 Å². The van der Waals surface area contributed by atoms with E-state index in [2.05, 4.69) is 13.8 Å². The topological polar surface area (TPSA) is 61.8 Å². The zero-order chi connectivity index (χ0) is 33.7. The first-order valence-corrected chi connectivity index (χ1v) is 22.3. The van der Waals surface area contributed by atoms with Gasteiger partial charge in [0.05, 0.1) is 19.5 Å². The van der Waals surface area contributed by atoms with Crippen molar-refractivity contribution in [2.45, 2.75) is 225 Å². The maximum Gasteiger partial charge on any atom is 0.264 e. The van der Waals surface area contributed by atoms with E-state index in [-0.39, 0.29) is 12.7 Å². The van der Waals surface area contributed by atoms with E-state index in [0.29, 0.717) is 19.8 Å². The van der Waals surface area contributed by atoms with Gasteiger partial charge in [0.2, 0.25) is 0 Å². The molecular weight excluding hydrogens is 593 g/mol. The second-order valence-electron chi connectivity index (χ2n) is 14.2. The van der Waals surface area contributed by atoms with Crippen molar-refractivity contribution in [1.82, 2.24) is 0 Å². The summed E-state index contributed by atoms with van der Waals surface area (Å²) in [5.74, 6) is 0. The lowest BCUT2D eigenvalue weighted by molar-refractivity contribution is -0.0377. The number of unbranched alkanes of at least 4 members (excludes halogenated alkanes) is 30. The molecule has 278 valence electrons. The van der Waals surface area contributed by atoms with Gasteiger partial charge in [0.1, 0.15) is 6.10 Å². The number of rotatable bonds is 40. The molecule has 0 N–H and O–H groups in total. The lowest BCUT2D eigenvalue weighted by Crippen LogP contribution is -2.27. The predicted molar refractivity (Wildman–Crippen MR) is 200 cm³/mol. The van der Waals surface area contributed by atoms with Gasteiger partial charge in [-0.3, -0.25) is 4.18 Å². The average molecular weight is 675 g/mol. The molecule has 0 aromatic rings. The fourth-order valence-electron chi connectivity index (χ4n) is 6.21. The average Bonchev–Trinajstić information content (AvgIpc) is 3.03. The van der Waals surface area contributed by atoms with Gasteiger partial charge < -0.3 is 9.47 Å². The summed E-state index contributed by atoms with van der Waals surface area (Å²) in [6.45, 7) is 6.34. The molecule has 0 unspecified atom stereocenters. The highest BCUT2D eigenvalue weighted by atomic mass is 32.2. The van der Waals surface area contributed by atoms with E-state index in [1.165, 1.54) is 186 Å². The highest BCUT2D eigenvalue weighted by Crippen LogP contribution is 2.15. The monoisotopic (exact) mass is 675 g/mol. The van der Waals surface area contributed by atoms with Crippen LogP contribution >= 0.6 is 0 Å². The Morgan fingerprint density at radius 2 is 0.674 bits per heavy atom. The van der Waals surface area contributed by atoms with Crippen LogP contribution < -0.4 is 0 Å². The molecule has 5 nitrogen and oxygen atoms in total. The molecule has 0 rings (SSSR count). The Labute approximate surface area is 289 Å².